The van der Waals surface area contributed by atoms with Crippen molar-refractivity contribution in [2.24, 2.45) is 0 Å². The van der Waals surface area contributed by atoms with E-state index in [1.165, 1.54) is 18.2 Å². The average Bonchev–Trinajstić information content (AvgIpc) is 2.39. The number of nitriles is 1. The maximum absolute atomic E-state index is 12.0. The number of unbranched alkanes of at least 4 members (excludes halogenated alkanes) is 1. The van der Waals surface area contributed by atoms with E-state index in [-0.39, 0.29) is 15.5 Å². The van der Waals surface area contributed by atoms with Crippen LogP contribution in [0.25, 0.3) is 0 Å². The van der Waals surface area contributed by atoms with Crippen molar-refractivity contribution in [3.05, 3.63) is 28.8 Å². The van der Waals surface area contributed by atoms with Gasteiger partial charge >= 0.3 is 0 Å². The molecule has 7 heteroatoms. The van der Waals surface area contributed by atoms with E-state index in [4.69, 9.17) is 16.9 Å². The third-order valence-electron chi connectivity index (χ3n) is 2.42. The highest BCUT2D eigenvalue weighted by atomic mass is 35.5. The lowest BCUT2D eigenvalue weighted by atomic mass is 10.2. The van der Waals surface area contributed by atoms with Crippen LogP contribution in [0.4, 0.5) is 0 Å². The number of benzene rings is 1. The van der Waals surface area contributed by atoms with E-state index in [0.29, 0.717) is 6.54 Å². The number of rotatable bonds is 7. The van der Waals surface area contributed by atoms with E-state index in [1.807, 2.05) is 12.3 Å². The minimum absolute atomic E-state index is 0.0434. The van der Waals surface area contributed by atoms with E-state index in [0.717, 1.165) is 18.6 Å². The smallest absolute Gasteiger partial charge is 0.211 e. The second kappa shape index (κ2) is 7.75. The quantitative estimate of drug-likeness (QED) is 0.785. The van der Waals surface area contributed by atoms with Crippen molar-refractivity contribution >= 4 is 33.4 Å². The van der Waals surface area contributed by atoms with Gasteiger partial charge in [-0.1, -0.05) is 11.6 Å². The molecule has 0 aliphatic carbocycles. The second-order valence-electron chi connectivity index (χ2n) is 3.85. The minimum atomic E-state index is -3.65. The molecule has 1 aromatic rings. The summed E-state index contributed by atoms with van der Waals surface area (Å²) in [5.74, 6) is 1.01. The molecule has 0 saturated heterocycles. The van der Waals surface area contributed by atoms with Gasteiger partial charge in [0.15, 0.2) is 0 Å². The molecule has 0 unspecified atom stereocenters. The van der Waals surface area contributed by atoms with Crippen LogP contribution in [0, 0.1) is 11.3 Å². The Morgan fingerprint density at radius 3 is 2.79 bits per heavy atom. The molecule has 0 radical (unpaired) electrons. The van der Waals surface area contributed by atoms with Crippen molar-refractivity contribution in [2.45, 2.75) is 17.7 Å². The fourth-order valence-electron chi connectivity index (χ4n) is 1.43. The van der Waals surface area contributed by atoms with E-state index < -0.39 is 10.0 Å². The third kappa shape index (κ3) is 5.03. The summed E-state index contributed by atoms with van der Waals surface area (Å²) in [6.07, 6.45) is 3.74. The lowest BCUT2D eigenvalue weighted by molar-refractivity contribution is 0.578. The fourth-order valence-corrected chi connectivity index (χ4v) is 3.53. The Bertz CT molecular complexity index is 568. The van der Waals surface area contributed by atoms with Crippen LogP contribution in [0.1, 0.15) is 18.4 Å². The molecule has 0 aliphatic heterocycles. The first kappa shape index (κ1) is 16.3. The molecule has 104 valence electrons. The number of hydrogen-bond acceptors (Lipinski definition) is 4. The molecule has 0 aliphatic rings. The van der Waals surface area contributed by atoms with Crippen molar-refractivity contribution < 1.29 is 8.42 Å². The van der Waals surface area contributed by atoms with Crippen LogP contribution < -0.4 is 4.72 Å². The summed E-state index contributed by atoms with van der Waals surface area (Å²) < 4.78 is 26.6. The molecule has 1 rings (SSSR count). The van der Waals surface area contributed by atoms with Crippen molar-refractivity contribution in [3.8, 4) is 6.07 Å². The van der Waals surface area contributed by atoms with Gasteiger partial charge in [0.25, 0.3) is 0 Å². The van der Waals surface area contributed by atoms with Gasteiger partial charge in [-0.15, -0.1) is 0 Å². The predicted octanol–water partition coefficient (Wildman–Crippen LogP) is 2.63. The summed E-state index contributed by atoms with van der Waals surface area (Å²) in [6.45, 7) is 0.371. The minimum Gasteiger partial charge on any atom is -0.211 e. The van der Waals surface area contributed by atoms with E-state index in [1.54, 1.807) is 11.8 Å². The lowest BCUT2D eigenvalue weighted by Gasteiger charge is -2.08. The van der Waals surface area contributed by atoms with Crippen molar-refractivity contribution in [1.82, 2.24) is 4.72 Å². The molecule has 0 atom stereocenters. The predicted molar refractivity (Wildman–Crippen MR) is 79.0 cm³/mol. The van der Waals surface area contributed by atoms with E-state index in [2.05, 4.69) is 4.72 Å². The lowest BCUT2D eigenvalue weighted by Crippen LogP contribution is -2.25. The maximum Gasteiger partial charge on any atom is 0.242 e. The Balaban J connectivity index is 2.75. The van der Waals surface area contributed by atoms with Gasteiger partial charge in [0.2, 0.25) is 10.0 Å². The number of nitrogens with one attached hydrogen (secondary N) is 1. The van der Waals surface area contributed by atoms with Crippen LogP contribution in [0.2, 0.25) is 5.02 Å². The van der Waals surface area contributed by atoms with Gasteiger partial charge in [0.1, 0.15) is 4.90 Å². The monoisotopic (exact) mass is 318 g/mol. The van der Waals surface area contributed by atoms with Crippen molar-refractivity contribution in [1.29, 1.82) is 5.26 Å². The van der Waals surface area contributed by atoms with Crippen LogP contribution in [0.15, 0.2) is 23.1 Å². The van der Waals surface area contributed by atoms with Crippen LogP contribution in [-0.2, 0) is 10.0 Å². The van der Waals surface area contributed by atoms with Crippen LogP contribution in [0.3, 0.4) is 0 Å². The molecule has 0 fully saturated rings. The highest BCUT2D eigenvalue weighted by Crippen LogP contribution is 2.22. The normalized spacial score (nSPS) is 11.2. The first-order valence-electron chi connectivity index (χ1n) is 5.69. The first-order valence-corrected chi connectivity index (χ1v) is 8.95. The molecule has 19 heavy (non-hydrogen) atoms. The highest BCUT2D eigenvalue weighted by Gasteiger charge is 2.17. The number of hydrogen-bond donors (Lipinski definition) is 1. The Labute approximate surface area is 123 Å². The Hall–Kier alpha value is -0.740. The highest BCUT2D eigenvalue weighted by molar-refractivity contribution is 7.98. The van der Waals surface area contributed by atoms with Gasteiger partial charge in [-0.25, -0.2) is 13.1 Å². The number of nitrogens with zero attached hydrogens (tertiary/aromatic N) is 1. The zero-order valence-corrected chi connectivity index (χ0v) is 12.9. The molecule has 0 saturated carbocycles. The first-order chi connectivity index (χ1) is 9.01. The number of thioether (sulfide) groups is 1. The van der Waals surface area contributed by atoms with Gasteiger partial charge in [0.05, 0.1) is 16.7 Å². The fraction of sp³-hybridized carbons (Fsp3) is 0.417. The molecule has 0 bridgehead atoms. The van der Waals surface area contributed by atoms with E-state index in [9.17, 15) is 8.42 Å². The molecular formula is C12H15ClN2O2S2. The van der Waals surface area contributed by atoms with Gasteiger partial charge < -0.3 is 0 Å². The van der Waals surface area contributed by atoms with Gasteiger partial charge in [0, 0.05) is 6.54 Å². The standard InChI is InChI=1S/C12H15ClN2O2S2/c1-18-7-3-2-6-15-19(16,17)12-8-10(9-14)4-5-11(12)13/h4-5,8,15H,2-3,6-7H2,1H3. The van der Waals surface area contributed by atoms with Gasteiger partial charge in [-0.3, -0.25) is 0 Å². The molecule has 0 amide bonds. The molecule has 4 nitrogen and oxygen atoms in total. The summed E-state index contributed by atoms with van der Waals surface area (Å²) in [5.41, 5.74) is 0.271. The van der Waals surface area contributed by atoms with Gasteiger partial charge in [-0.2, -0.15) is 17.0 Å². The molecular weight excluding hydrogens is 304 g/mol. The van der Waals surface area contributed by atoms with Crippen LogP contribution in [-0.4, -0.2) is 27.0 Å². The number of sulfonamides is 1. The molecule has 0 spiro atoms. The molecule has 1 N–H and O–H groups in total. The largest absolute Gasteiger partial charge is 0.242 e. The van der Waals surface area contributed by atoms with E-state index >= 15 is 0 Å². The Morgan fingerprint density at radius 2 is 2.16 bits per heavy atom. The molecule has 0 heterocycles. The Kier molecular flexibility index (Phi) is 6.66. The average molecular weight is 319 g/mol. The summed E-state index contributed by atoms with van der Waals surface area (Å²) >= 11 is 7.60. The van der Waals surface area contributed by atoms with Crippen molar-refractivity contribution in [2.75, 3.05) is 18.6 Å². The second-order valence-corrected chi connectivity index (χ2v) is 6.98. The molecule has 1 aromatic carbocycles. The zero-order valence-electron chi connectivity index (χ0n) is 10.5. The van der Waals surface area contributed by atoms with Crippen LogP contribution in [0.5, 0.6) is 0 Å². The third-order valence-corrected chi connectivity index (χ3v) is 5.06. The molecule has 0 aromatic heterocycles. The summed E-state index contributed by atoms with van der Waals surface area (Å²) in [5, 5.41) is 8.90. The van der Waals surface area contributed by atoms with Crippen LogP contribution >= 0.6 is 23.4 Å². The topological polar surface area (TPSA) is 70.0 Å². The number of halogens is 1. The zero-order chi connectivity index (χ0) is 14.3. The SMILES string of the molecule is CSCCCCNS(=O)(=O)c1cc(C#N)ccc1Cl. The summed E-state index contributed by atoms with van der Waals surface area (Å²) in [6, 6.07) is 6.09. The van der Waals surface area contributed by atoms with Crippen molar-refractivity contribution in [3.63, 3.8) is 0 Å². The summed E-state index contributed by atoms with van der Waals surface area (Å²) in [4.78, 5) is -0.0434. The summed E-state index contributed by atoms with van der Waals surface area (Å²) in [7, 11) is -3.65. The maximum atomic E-state index is 12.0. The Morgan fingerprint density at radius 1 is 1.42 bits per heavy atom. The van der Waals surface area contributed by atoms with Gasteiger partial charge in [-0.05, 0) is 43.0 Å².